The van der Waals surface area contributed by atoms with E-state index in [1.54, 1.807) is 6.07 Å². The number of nitrogens with zero attached hydrogens (tertiary/aromatic N) is 3. The molecule has 178 valence electrons. The Balaban J connectivity index is 1.28. The van der Waals surface area contributed by atoms with Gasteiger partial charge in [-0.3, -0.25) is 4.79 Å². The van der Waals surface area contributed by atoms with Crippen LogP contribution >= 0.6 is 11.6 Å². The predicted molar refractivity (Wildman–Crippen MR) is 110 cm³/mol. The molecule has 2 saturated carbocycles. The van der Waals surface area contributed by atoms with E-state index in [1.807, 2.05) is 0 Å². The number of β-amino-alcohol motifs (C(OH)–C–C–N with tert-alkyl or cyclic N) is 1. The Labute approximate surface area is 192 Å². The molecule has 4 aliphatic rings. The predicted octanol–water partition coefficient (Wildman–Crippen LogP) is 3.61. The fourth-order valence-corrected chi connectivity index (χ4v) is 5.05. The lowest BCUT2D eigenvalue weighted by molar-refractivity contribution is -0.336. The van der Waals surface area contributed by atoms with Crippen LogP contribution in [0.5, 0.6) is 0 Å². The Morgan fingerprint density at radius 2 is 1.88 bits per heavy atom. The zero-order valence-corrected chi connectivity index (χ0v) is 18.5. The first kappa shape index (κ1) is 21.6. The van der Waals surface area contributed by atoms with Crippen LogP contribution in [0.4, 0.5) is 13.2 Å². The molecule has 2 aliphatic heterocycles. The van der Waals surface area contributed by atoms with Crippen LogP contribution in [0.3, 0.4) is 0 Å². The van der Waals surface area contributed by atoms with Crippen molar-refractivity contribution in [1.29, 1.82) is 0 Å². The Morgan fingerprint density at radius 3 is 2.45 bits per heavy atom. The summed E-state index contributed by atoms with van der Waals surface area (Å²) in [6.07, 6.45) is -1.76. The zero-order valence-electron chi connectivity index (χ0n) is 17.7. The lowest BCUT2D eigenvalue weighted by atomic mass is 9.97. The Morgan fingerprint density at radius 1 is 1.18 bits per heavy atom. The molecule has 6 rings (SSSR count). The van der Waals surface area contributed by atoms with Gasteiger partial charge in [-0.1, -0.05) is 11.6 Å². The van der Waals surface area contributed by atoms with E-state index in [0.29, 0.717) is 23.3 Å². The number of likely N-dealkylation sites (tertiary alicyclic amines) is 1. The van der Waals surface area contributed by atoms with Gasteiger partial charge in [0, 0.05) is 18.4 Å². The van der Waals surface area contributed by atoms with E-state index in [2.05, 4.69) is 5.10 Å². The van der Waals surface area contributed by atoms with Crippen LogP contribution in [-0.2, 0) is 15.7 Å². The molecular formula is C22H23ClF3N3O4. The third-order valence-electron chi connectivity index (χ3n) is 7.36. The monoisotopic (exact) mass is 485 g/mol. The largest absolute Gasteiger partial charge is 0.433 e. The van der Waals surface area contributed by atoms with Gasteiger partial charge in [-0.2, -0.15) is 18.3 Å². The lowest BCUT2D eigenvalue weighted by Gasteiger charge is -2.48. The number of piperidine rings is 1. The van der Waals surface area contributed by atoms with Crippen molar-refractivity contribution in [1.82, 2.24) is 14.5 Å². The van der Waals surface area contributed by atoms with Gasteiger partial charge >= 0.3 is 6.18 Å². The number of rotatable bonds is 2. The summed E-state index contributed by atoms with van der Waals surface area (Å²) in [6.45, 7) is 1.14. The van der Waals surface area contributed by atoms with Gasteiger partial charge in [-0.05, 0) is 49.3 Å². The van der Waals surface area contributed by atoms with E-state index in [4.69, 9.17) is 21.1 Å². The lowest BCUT2D eigenvalue weighted by Crippen LogP contribution is -2.62. The zero-order chi connectivity index (χ0) is 23.2. The average molecular weight is 486 g/mol. The first-order valence-corrected chi connectivity index (χ1v) is 11.5. The van der Waals surface area contributed by atoms with Crippen molar-refractivity contribution in [3.8, 4) is 0 Å². The molecule has 2 aliphatic carbocycles. The van der Waals surface area contributed by atoms with E-state index in [0.717, 1.165) is 31.7 Å². The minimum atomic E-state index is -4.65. The fourth-order valence-electron chi connectivity index (χ4n) is 4.80. The molecule has 7 nitrogen and oxygen atoms in total. The minimum Gasteiger partial charge on any atom is -0.386 e. The Hall–Kier alpha value is -1.88. The van der Waals surface area contributed by atoms with E-state index in [9.17, 15) is 23.1 Å². The second-order valence-electron chi connectivity index (χ2n) is 9.81. The van der Waals surface area contributed by atoms with Gasteiger partial charge in [0.25, 0.3) is 5.91 Å². The van der Waals surface area contributed by atoms with Gasteiger partial charge < -0.3 is 19.5 Å². The molecule has 1 N–H and O–H groups in total. The molecule has 1 atom stereocenters. The van der Waals surface area contributed by atoms with Crippen molar-refractivity contribution >= 4 is 23.0 Å². The summed E-state index contributed by atoms with van der Waals surface area (Å²) >= 11 is 6.40. The molecule has 11 heteroatoms. The van der Waals surface area contributed by atoms with Crippen LogP contribution in [-0.4, -0.2) is 63.7 Å². The number of aromatic nitrogens is 2. The fraction of sp³-hybridized carbons (Fsp3) is 0.636. The van der Waals surface area contributed by atoms with Gasteiger partial charge in [-0.25, -0.2) is 4.52 Å². The SMILES string of the molecule is O=C(c1nn2c(C(F)(F)F)cc(C3CC3)cc2c1Cl)N1CCC2(OCC3(CC3)CO2)[C@@H](O)C1. The molecule has 2 saturated heterocycles. The van der Waals surface area contributed by atoms with Gasteiger partial charge in [0.1, 0.15) is 11.8 Å². The van der Waals surface area contributed by atoms with Crippen LogP contribution in [0.1, 0.15) is 59.8 Å². The van der Waals surface area contributed by atoms with E-state index >= 15 is 0 Å². The number of carbonyl (C=O) groups is 1. The maximum Gasteiger partial charge on any atom is 0.433 e. The molecule has 0 bridgehead atoms. The van der Waals surface area contributed by atoms with E-state index in [-0.39, 0.29) is 47.1 Å². The molecular weight excluding hydrogens is 463 g/mol. The average Bonchev–Trinajstić information content (AvgIpc) is 3.71. The summed E-state index contributed by atoms with van der Waals surface area (Å²) in [7, 11) is 0. The van der Waals surface area contributed by atoms with Gasteiger partial charge in [0.05, 0.1) is 30.3 Å². The summed E-state index contributed by atoms with van der Waals surface area (Å²) in [5.41, 5.74) is -0.554. The molecule has 0 radical (unpaired) electrons. The standard InChI is InChI=1S/C22H23ClF3N3O4/c23-17-14-7-13(12-1-2-12)8-15(22(24,25)26)29(14)27-18(17)19(31)28-6-5-21(16(30)9-28)32-10-20(3-4-20)11-33-21/h7-8,12,16,30H,1-6,9-11H2/t16-/m0/s1. The van der Waals surface area contributed by atoms with Crippen molar-refractivity contribution in [3.05, 3.63) is 34.1 Å². The van der Waals surface area contributed by atoms with Gasteiger partial charge in [-0.15, -0.1) is 0 Å². The van der Waals surface area contributed by atoms with Crippen molar-refractivity contribution in [2.45, 2.75) is 56.1 Å². The van der Waals surface area contributed by atoms with Crippen molar-refractivity contribution < 1.29 is 32.5 Å². The highest BCUT2D eigenvalue weighted by Crippen LogP contribution is 2.51. The molecule has 0 aromatic carbocycles. The number of hydrogen-bond acceptors (Lipinski definition) is 5. The summed E-state index contributed by atoms with van der Waals surface area (Å²) in [5.74, 6) is -1.72. The molecule has 4 fully saturated rings. The van der Waals surface area contributed by atoms with Crippen LogP contribution in [0.15, 0.2) is 12.1 Å². The highest BCUT2D eigenvalue weighted by atomic mass is 35.5. The molecule has 2 aromatic rings. The topological polar surface area (TPSA) is 76.3 Å². The van der Waals surface area contributed by atoms with Crippen molar-refractivity contribution in [2.75, 3.05) is 26.3 Å². The highest BCUT2D eigenvalue weighted by Gasteiger charge is 2.55. The summed E-state index contributed by atoms with van der Waals surface area (Å²) in [4.78, 5) is 14.5. The van der Waals surface area contributed by atoms with Crippen LogP contribution < -0.4 is 0 Å². The normalized spacial score (nSPS) is 26.3. The second kappa shape index (κ2) is 7.07. The molecule has 2 spiro atoms. The number of fused-ring (bicyclic) bond motifs is 1. The number of aliphatic hydroxyl groups excluding tert-OH is 1. The van der Waals surface area contributed by atoms with Crippen molar-refractivity contribution in [3.63, 3.8) is 0 Å². The van der Waals surface area contributed by atoms with Crippen LogP contribution in [0, 0.1) is 5.41 Å². The maximum absolute atomic E-state index is 13.7. The summed E-state index contributed by atoms with van der Waals surface area (Å²) < 4.78 is 53.7. The number of alkyl halides is 3. The number of ether oxygens (including phenoxy) is 2. The van der Waals surface area contributed by atoms with Crippen LogP contribution in [0.2, 0.25) is 5.02 Å². The van der Waals surface area contributed by atoms with E-state index < -0.39 is 29.7 Å². The van der Waals surface area contributed by atoms with Gasteiger partial charge in [0.15, 0.2) is 11.5 Å². The molecule has 0 unspecified atom stereocenters. The highest BCUT2D eigenvalue weighted by molar-refractivity contribution is 6.36. The molecule has 2 aromatic heterocycles. The molecule has 33 heavy (non-hydrogen) atoms. The van der Waals surface area contributed by atoms with Gasteiger partial charge in [0.2, 0.25) is 0 Å². The first-order chi connectivity index (χ1) is 15.6. The van der Waals surface area contributed by atoms with E-state index in [1.165, 1.54) is 4.90 Å². The number of hydrogen-bond donors (Lipinski definition) is 1. The third-order valence-corrected chi connectivity index (χ3v) is 7.73. The minimum absolute atomic E-state index is 0.0550. The maximum atomic E-state index is 13.7. The van der Waals surface area contributed by atoms with Crippen molar-refractivity contribution in [2.24, 2.45) is 5.41 Å². The third kappa shape index (κ3) is 3.53. The smallest absolute Gasteiger partial charge is 0.386 e. The first-order valence-electron chi connectivity index (χ1n) is 11.2. The second-order valence-corrected chi connectivity index (χ2v) is 10.2. The number of aliphatic hydroxyl groups is 1. The number of pyridine rings is 1. The Kier molecular flexibility index (Phi) is 4.63. The summed E-state index contributed by atoms with van der Waals surface area (Å²) in [6, 6.07) is 2.66. The number of amides is 1. The molecule has 4 heterocycles. The Bertz CT molecular complexity index is 1130. The number of carbonyl (C=O) groups excluding carboxylic acids is 1. The molecule has 1 amide bonds. The van der Waals surface area contributed by atoms with Crippen LogP contribution in [0.25, 0.3) is 5.52 Å². The number of halogens is 4. The summed E-state index contributed by atoms with van der Waals surface area (Å²) in [5, 5.41) is 14.6. The quantitative estimate of drug-likeness (QED) is 0.703.